The first-order valence-electron chi connectivity index (χ1n) is 5.94. The maximum Gasteiger partial charge on any atom is 0.326 e. The summed E-state index contributed by atoms with van der Waals surface area (Å²) in [6, 6.07) is 5.42. The second-order valence-electron chi connectivity index (χ2n) is 3.83. The fraction of sp³-hybridized carbons (Fsp3) is 0.231. The van der Waals surface area contributed by atoms with Crippen molar-refractivity contribution in [1.29, 1.82) is 0 Å². The predicted octanol–water partition coefficient (Wildman–Crippen LogP) is 1.85. The molecule has 0 atom stereocenters. The van der Waals surface area contributed by atoms with E-state index in [1.165, 1.54) is 4.90 Å². The van der Waals surface area contributed by atoms with Crippen molar-refractivity contribution in [2.45, 2.75) is 6.92 Å². The summed E-state index contributed by atoms with van der Waals surface area (Å²) in [6.07, 6.45) is 3.30. The number of nitrogens with zero attached hydrogens (tertiary/aromatic N) is 2. The van der Waals surface area contributed by atoms with Crippen LogP contribution in [0.5, 0.6) is 0 Å². The second-order valence-corrected chi connectivity index (χ2v) is 5.50. The summed E-state index contributed by atoms with van der Waals surface area (Å²) in [4.78, 5) is 29.4. The van der Waals surface area contributed by atoms with Gasteiger partial charge in [-0.3, -0.25) is 19.5 Å². The number of esters is 1. The monoisotopic (exact) mass is 308 g/mol. The summed E-state index contributed by atoms with van der Waals surface area (Å²) in [7, 11) is 0. The van der Waals surface area contributed by atoms with Crippen LogP contribution in [0, 0.1) is 0 Å². The number of ether oxygens (including phenoxy) is 1. The van der Waals surface area contributed by atoms with E-state index in [2.05, 4.69) is 4.98 Å². The predicted molar refractivity (Wildman–Crippen MR) is 80.7 cm³/mol. The van der Waals surface area contributed by atoms with Crippen LogP contribution in [0.25, 0.3) is 6.08 Å². The number of carbonyl (C=O) groups is 2. The molecular formula is C13H12N2O3S2. The van der Waals surface area contributed by atoms with Crippen LogP contribution in [0.1, 0.15) is 12.6 Å². The molecular weight excluding hydrogens is 296 g/mol. The Labute approximate surface area is 126 Å². The van der Waals surface area contributed by atoms with E-state index in [-0.39, 0.29) is 19.1 Å². The van der Waals surface area contributed by atoms with Crippen LogP contribution in [0.4, 0.5) is 0 Å². The van der Waals surface area contributed by atoms with Crippen molar-refractivity contribution in [3.8, 4) is 0 Å². The minimum Gasteiger partial charge on any atom is -0.465 e. The molecule has 7 heteroatoms. The Balaban J connectivity index is 2.13. The third-order valence-electron chi connectivity index (χ3n) is 2.43. The molecule has 2 rings (SSSR count). The van der Waals surface area contributed by atoms with Crippen LogP contribution in [0.2, 0.25) is 0 Å². The highest BCUT2D eigenvalue weighted by Crippen LogP contribution is 2.31. The average molecular weight is 308 g/mol. The van der Waals surface area contributed by atoms with Gasteiger partial charge < -0.3 is 4.74 Å². The minimum atomic E-state index is -0.470. The first-order chi connectivity index (χ1) is 9.61. The molecule has 0 unspecified atom stereocenters. The molecule has 1 fully saturated rings. The van der Waals surface area contributed by atoms with Gasteiger partial charge in [-0.25, -0.2) is 0 Å². The van der Waals surface area contributed by atoms with Crippen molar-refractivity contribution in [1.82, 2.24) is 9.88 Å². The second kappa shape index (κ2) is 6.62. The number of thioether (sulfide) groups is 1. The van der Waals surface area contributed by atoms with Crippen molar-refractivity contribution >= 4 is 46.3 Å². The third-order valence-corrected chi connectivity index (χ3v) is 3.81. The highest BCUT2D eigenvalue weighted by atomic mass is 32.2. The van der Waals surface area contributed by atoms with Crippen LogP contribution in [-0.2, 0) is 14.3 Å². The van der Waals surface area contributed by atoms with Gasteiger partial charge in [0, 0.05) is 6.20 Å². The molecule has 20 heavy (non-hydrogen) atoms. The summed E-state index contributed by atoms with van der Waals surface area (Å²) < 4.78 is 5.17. The van der Waals surface area contributed by atoms with E-state index in [0.29, 0.717) is 14.9 Å². The summed E-state index contributed by atoms with van der Waals surface area (Å²) in [5.41, 5.74) is 0.670. The number of rotatable bonds is 4. The molecule has 0 radical (unpaired) electrons. The summed E-state index contributed by atoms with van der Waals surface area (Å²) in [5, 5.41) is 0. The Bertz CT molecular complexity index is 572. The third kappa shape index (κ3) is 3.43. The van der Waals surface area contributed by atoms with Crippen LogP contribution >= 0.6 is 24.0 Å². The lowest BCUT2D eigenvalue weighted by molar-refractivity contribution is -0.145. The number of carbonyl (C=O) groups excluding carboxylic acids is 2. The molecule has 1 amide bonds. The normalized spacial score (nSPS) is 16.9. The van der Waals surface area contributed by atoms with Gasteiger partial charge in [-0.1, -0.05) is 30.0 Å². The number of hydrogen-bond donors (Lipinski definition) is 0. The highest BCUT2D eigenvalue weighted by molar-refractivity contribution is 8.26. The molecule has 0 bridgehead atoms. The topological polar surface area (TPSA) is 59.5 Å². The van der Waals surface area contributed by atoms with Crippen LogP contribution in [0.15, 0.2) is 29.3 Å². The number of amides is 1. The Morgan fingerprint density at radius 1 is 1.55 bits per heavy atom. The molecule has 0 N–H and O–H groups in total. The van der Waals surface area contributed by atoms with E-state index in [0.717, 1.165) is 11.8 Å². The number of hydrogen-bond acceptors (Lipinski definition) is 6. The molecule has 1 aromatic rings. The molecule has 1 saturated heterocycles. The quantitative estimate of drug-likeness (QED) is 0.480. The maximum atomic E-state index is 12.2. The van der Waals surface area contributed by atoms with E-state index in [1.54, 1.807) is 31.3 Å². The van der Waals surface area contributed by atoms with Gasteiger partial charge >= 0.3 is 5.97 Å². The first-order valence-corrected chi connectivity index (χ1v) is 7.16. The van der Waals surface area contributed by atoms with Crippen molar-refractivity contribution in [2.24, 2.45) is 0 Å². The number of thiocarbonyl (C=S) groups is 1. The maximum absolute atomic E-state index is 12.2. The SMILES string of the molecule is CCOC(=O)CN1C(=O)C(=Cc2ccccn2)SC1=S. The smallest absolute Gasteiger partial charge is 0.326 e. The van der Waals surface area contributed by atoms with Gasteiger partial charge in [-0.2, -0.15) is 0 Å². The standard InChI is InChI=1S/C13H12N2O3S2/c1-2-18-11(16)8-15-12(17)10(20-13(15)19)7-9-5-3-4-6-14-9/h3-7H,2,8H2,1H3. The van der Waals surface area contributed by atoms with Gasteiger partial charge in [-0.05, 0) is 25.1 Å². The Morgan fingerprint density at radius 3 is 3.00 bits per heavy atom. The average Bonchev–Trinajstić information content (AvgIpc) is 2.68. The fourth-order valence-electron chi connectivity index (χ4n) is 1.57. The summed E-state index contributed by atoms with van der Waals surface area (Å²) in [6.45, 7) is 1.83. The largest absolute Gasteiger partial charge is 0.465 e. The van der Waals surface area contributed by atoms with E-state index in [1.807, 2.05) is 6.07 Å². The molecule has 0 aliphatic carbocycles. The molecule has 2 heterocycles. The van der Waals surface area contributed by atoms with E-state index >= 15 is 0 Å². The van der Waals surface area contributed by atoms with E-state index in [4.69, 9.17) is 17.0 Å². The lowest BCUT2D eigenvalue weighted by Crippen LogP contribution is -2.34. The lowest BCUT2D eigenvalue weighted by Gasteiger charge is -2.12. The molecule has 5 nitrogen and oxygen atoms in total. The van der Waals surface area contributed by atoms with Crippen LogP contribution in [-0.4, -0.2) is 39.2 Å². The van der Waals surface area contributed by atoms with Gasteiger partial charge in [0.15, 0.2) is 0 Å². The van der Waals surface area contributed by atoms with Gasteiger partial charge in [0.05, 0.1) is 17.2 Å². The van der Waals surface area contributed by atoms with Crippen LogP contribution in [0.3, 0.4) is 0 Å². The molecule has 1 aromatic heterocycles. The van der Waals surface area contributed by atoms with E-state index < -0.39 is 5.97 Å². The van der Waals surface area contributed by atoms with Crippen LogP contribution < -0.4 is 0 Å². The molecule has 104 valence electrons. The number of pyridine rings is 1. The van der Waals surface area contributed by atoms with Gasteiger partial charge in [-0.15, -0.1) is 0 Å². The van der Waals surface area contributed by atoms with Crippen molar-refractivity contribution in [2.75, 3.05) is 13.2 Å². The van der Waals surface area contributed by atoms with Crippen molar-refractivity contribution < 1.29 is 14.3 Å². The molecule has 0 saturated carbocycles. The highest BCUT2D eigenvalue weighted by Gasteiger charge is 2.33. The van der Waals surface area contributed by atoms with E-state index in [9.17, 15) is 9.59 Å². The van der Waals surface area contributed by atoms with Gasteiger partial charge in [0.1, 0.15) is 10.9 Å². The fourth-order valence-corrected chi connectivity index (χ4v) is 2.81. The summed E-state index contributed by atoms with van der Waals surface area (Å²) in [5.74, 6) is -0.762. The Kier molecular flexibility index (Phi) is 4.86. The molecule has 1 aliphatic rings. The van der Waals surface area contributed by atoms with Gasteiger partial charge in [0.25, 0.3) is 5.91 Å². The molecule has 0 spiro atoms. The van der Waals surface area contributed by atoms with Crippen molar-refractivity contribution in [3.63, 3.8) is 0 Å². The molecule has 1 aliphatic heterocycles. The zero-order valence-corrected chi connectivity index (χ0v) is 12.4. The minimum absolute atomic E-state index is 0.155. The number of aromatic nitrogens is 1. The Morgan fingerprint density at radius 2 is 2.35 bits per heavy atom. The van der Waals surface area contributed by atoms with Crippen molar-refractivity contribution in [3.05, 3.63) is 35.0 Å². The van der Waals surface area contributed by atoms with Gasteiger partial charge in [0.2, 0.25) is 0 Å². The zero-order valence-electron chi connectivity index (χ0n) is 10.7. The summed E-state index contributed by atoms with van der Waals surface area (Å²) >= 11 is 6.27. The first kappa shape index (κ1) is 14.7. The lowest BCUT2D eigenvalue weighted by atomic mass is 10.3. The molecule has 0 aromatic carbocycles. The Hall–Kier alpha value is -1.73. The zero-order chi connectivity index (χ0) is 14.5.